The molecule has 1 aliphatic rings. The van der Waals surface area contributed by atoms with E-state index in [1.807, 2.05) is 36.4 Å². The van der Waals surface area contributed by atoms with E-state index in [4.69, 9.17) is 5.14 Å². The number of rotatable bonds is 1. The van der Waals surface area contributed by atoms with Gasteiger partial charge in [0.2, 0.25) is 0 Å². The van der Waals surface area contributed by atoms with Crippen molar-refractivity contribution in [1.29, 1.82) is 0 Å². The Hall–Kier alpha value is -1.85. The third-order valence-corrected chi connectivity index (χ3v) is 3.96. The maximum absolute atomic E-state index is 11.8. The zero-order chi connectivity index (χ0) is 12.8. The Morgan fingerprint density at radius 1 is 0.889 bits per heavy atom. The van der Waals surface area contributed by atoms with E-state index < -0.39 is 10.2 Å². The smallest absolute Gasteiger partial charge is 0.226 e. The van der Waals surface area contributed by atoms with Crippen LogP contribution < -0.4 is 9.44 Å². The quantitative estimate of drug-likeness (QED) is 0.851. The van der Waals surface area contributed by atoms with Crippen molar-refractivity contribution in [3.05, 3.63) is 59.7 Å². The fraction of sp³-hybridized carbons (Fsp3) is 0.0769. The first-order valence-electron chi connectivity index (χ1n) is 5.56. The van der Waals surface area contributed by atoms with E-state index in [2.05, 4.69) is 0 Å². The zero-order valence-corrected chi connectivity index (χ0v) is 10.4. The summed E-state index contributed by atoms with van der Waals surface area (Å²) in [5.74, 6) is 0. The summed E-state index contributed by atoms with van der Waals surface area (Å²) >= 11 is 0. The Morgan fingerprint density at radius 2 is 1.33 bits per heavy atom. The van der Waals surface area contributed by atoms with Crippen LogP contribution in [0.25, 0.3) is 0 Å². The standard InChI is InChI=1S/C13H12N2O2S/c14-18(16,17)15-12-7-3-1-5-10(12)9-11-6-2-4-8-13(11)15/h1-8H,9H2,(H2,14,16,17). The molecule has 0 saturated heterocycles. The average Bonchev–Trinajstić information content (AvgIpc) is 2.34. The average molecular weight is 260 g/mol. The molecule has 4 nitrogen and oxygen atoms in total. The minimum Gasteiger partial charge on any atom is -0.226 e. The van der Waals surface area contributed by atoms with Gasteiger partial charge in [-0.2, -0.15) is 8.42 Å². The molecular formula is C13H12N2O2S. The molecule has 0 spiro atoms. The highest BCUT2D eigenvalue weighted by Gasteiger charge is 2.28. The lowest BCUT2D eigenvalue weighted by Crippen LogP contribution is -2.35. The highest BCUT2D eigenvalue weighted by molar-refractivity contribution is 7.90. The van der Waals surface area contributed by atoms with Gasteiger partial charge in [0.25, 0.3) is 0 Å². The minimum atomic E-state index is -3.82. The van der Waals surface area contributed by atoms with Crippen molar-refractivity contribution in [2.45, 2.75) is 6.42 Å². The van der Waals surface area contributed by atoms with Crippen molar-refractivity contribution in [3.8, 4) is 0 Å². The van der Waals surface area contributed by atoms with Crippen LogP contribution in [0.1, 0.15) is 11.1 Å². The fourth-order valence-electron chi connectivity index (χ4n) is 2.33. The highest BCUT2D eigenvalue weighted by Crippen LogP contribution is 2.39. The van der Waals surface area contributed by atoms with Gasteiger partial charge in [-0.05, 0) is 23.3 Å². The van der Waals surface area contributed by atoms with Gasteiger partial charge in [-0.25, -0.2) is 9.44 Å². The second-order valence-electron chi connectivity index (χ2n) is 4.24. The number of anilines is 2. The van der Waals surface area contributed by atoms with E-state index in [-0.39, 0.29) is 0 Å². The van der Waals surface area contributed by atoms with Gasteiger partial charge in [0, 0.05) is 6.42 Å². The van der Waals surface area contributed by atoms with Gasteiger partial charge in [-0.15, -0.1) is 0 Å². The van der Waals surface area contributed by atoms with Crippen LogP contribution >= 0.6 is 0 Å². The lowest BCUT2D eigenvalue weighted by Gasteiger charge is -2.30. The number of fused-ring (bicyclic) bond motifs is 2. The Morgan fingerprint density at radius 3 is 1.78 bits per heavy atom. The summed E-state index contributed by atoms with van der Waals surface area (Å²) in [4.78, 5) is 0. The third-order valence-electron chi connectivity index (χ3n) is 3.06. The number of nitrogens with two attached hydrogens (primary N) is 1. The summed E-state index contributed by atoms with van der Waals surface area (Å²) < 4.78 is 24.8. The maximum Gasteiger partial charge on any atom is 0.303 e. The summed E-state index contributed by atoms with van der Waals surface area (Å²) in [6.07, 6.45) is 0.721. The van der Waals surface area contributed by atoms with Crippen LogP contribution in [0.5, 0.6) is 0 Å². The molecule has 18 heavy (non-hydrogen) atoms. The Bertz CT molecular complexity index is 665. The van der Waals surface area contributed by atoms with Gasteiger partial charge >= 0.3 is 10.2 Å². The maximum atomic E-state index is 11.8. The fourth-order valence-corrected chi connectivity index (χ4v) is 3.23. The Labute approximate surface area is 106 Å². The second kappa shape index (κ2) is 3.83. The Kier molecular flexibility index (Phi) is 2.39. The van der Waals surface area contributed by atoms with Crippen molar-refractivity contribution in [1.82, 2.24) is 0 Å². The normalized spacial score (nSPS) is 13.9. The first kappa shape index (κ1) is 11.3. The molecular weight excluding hydrogens is 248 g/mol. The summed E-state index contributed by atoms with van der Waals surface area (Å²) in [5.41, 5.74) is 3.20. The first-order chi connectivity index (χ1) is 8.57. The molecule has 5 heteroatoms. The molecule has 2 aromatic carbocycles. The summed E-state index contributed by atoms with van der Waals surface area (Å²) in [5, 5.41) is 5.34. The number of para-hydroxylation sites is 2. The molecule has 0 aromatic heterocycles. The SMILES string of the molecule is NS(=O)(=O)N1c2ccccc2Cc2ccccc21. The number of hydrogen-bond donors (Lipinski definition) is 1. The molecule has 1 heterocycles. The van der Waals surface area contributed by atoms with Crippen LogP contribution in [0.4, 0.5) is 11.4 Å². The summed E-state index contributed by atoms with van der Waals surface area (Å²) in [7, 11) is -3.82. The molecule has 0 saturated carbocycles. The van der Waals surface area contributed by atoms with Crippen molar-refractivity contribution in [2.24, 2.45) is 5.14 Å². The van der Waals surface area contributed by atoms with Gasteiger partial charge in [-0.1, -0.05) is 36.4 Å². The van der Waals surface area contributed by atoms with Gasteiger partial charge in [0.05, 0.1) is 11.4 Å². The highest BCUT2D eigenvalue weighted by atomic mass is 32.2. The van der Waals surface area contributed by atoms with Crippen LogP contribution in [0, 0.1) is 0 Å². The minimum absolute atomic E-state index is 0.638. The second-order valence-corrected chi connectivity index (χ2v) is 5.64. The van der Waals surface area contributed by atoms with Crippen LogP contribution in [-0.4, -0.2) is 8.42 Å². The molecule has 3 rings (SSSR count). The van der Waals surface area contributed by atoms with Gasteiger partial charge in [-0.3, -0.25) is 0 Å². The van der Waals surface area contributed by atoms with Crippen molar-refractivity contribution in [2.75, 3.05) is 4.31 Å². The van der Waals surface area contributed by atoms with E-state index >= 15 is 0 Å². The molecule has 0 amide bonds. The molecule has 1 aliphatic heterocycles. The lowest BCUT2D eigenvalue weighted by molar-refractivity contribution is 0.597. The molecule has 2 N–H and O–H groups in total. The molecule has 0 bridgehead atoms. The number of benzene rings is 2. The van der Waals surface area contributed by atoms with Crippen molar-refractivity contribution >= 4 is 21.6 Å². The first-order valence-corrected chi connectivity index (χ1v) is 7.06. The van der Waals surface area contributed by atoms with Crippen LogP contribution in [-0.2, 0) is 16.6 Å². The molecule has 0 atom stereocenters. The summed E-state index contributed by atoms with van der Waals surface area (Å²) in [6.45, 7) is 0. The largest absolute Gasteiger partial charge is 0.303 e. The molecule has 0 aliphatic carbocycles. The van der Waals surface area contributed by atoms with E-state index in [9.17, 15) is 8.42 Å². The number of hydrogen-bond acceptors (Lipinski definition) is 2. The van der Waals surface area contributed by atoms with Crippen LogP contribution in [0.15, 0.2) is 48.5 Å². The third kappa shape index (κ3) is 1.68. The molecule has 92 valence electrons. The van der Waals surface area contributed by atoms with Gasteiger partial charge in [0.1, 0.15) is 0 Å². The zero-order valence-electron chi connectivity index (χ0n) is 9.58. The Balaban J connectivity index is 2.31. The van der Waals surface area contributed by atoms with E-state index in [0.29, 0.717) is 11.4 Å². The topological polar surface area (TPSA) is 63.4 Å². The van der Waals surface area contributed by atoms with E-state index in [0.717, 1.165) is 17.5 Å². The molecule has 0 unspecified atom stereocenters. The predicted molar refractivity (Wildman–Crippen MR) is 70.9 cm³/mol. The molecule has 0 radical (unpaired) electrons. The van der Waals surface area contributed by atoms with Crippen molar-refractivity contribution < 1.29 is 8.42 Å². The molecule has 0 fully saturated rings. The molecule has 2 aromatic rings. The summed E-state index contributed by atoms with van der Waals surface area (Å²) in [6, 6.07) is 14.8. The van der Waals surface area contributed by atoms with E-state index in [1.165, 1.54) is 4.31 Å². The number of nitrogens with zero attached hydrogens (tertiary/aromatic N) is 1. The lowest BCUT2D eigenvalue weighted by atomic mass is 9.97. The van der Waals surface area contributed by atoms with Crippen LogP contribution in [0.2, 0.25) is 0 Å². The van der Waals surface area contributed by atoms with Gasteiger partial charge < -0.3 is 0 Å². The predicted octanol–water partition coefficient (Wildman–Crippen LogP) is 1.93. The van der Waals surface area contributed by atoms with Crippen LogP contribution in [0.3, 0.4) is 0 Å². The van der Waals surface area contributed by atoms with Gasteiger partial charge in [0.15, 0.2) is 0 Å². The monoisotopic (exact) mass is 260 g/mol. The van der Waals surface area contributed by atoms with E-state index in [1.54, 1.807) is 12.1 Å². The van der Waals surface area contributed by atoms with Crippen molar-refractivity contribution in [3.63, 3.8) is 0 Å².